The van der Waals surface area contributed by atoms with Crippen LogP contribution in [0.3, 0.4) is 0 Å². The van der Waals surface area contributed by atoms with Crippen LogP contribution in [0.25, 0.3) is 0 Å². The molecule has 2 aromatic carbocycles. The number of halogens is 1. The number of nitrogens with zero attached hydrogens (tertiary/aromatic N) is 6. The van der Waals surface area contributed by atoms with Gasteiger partial charge in [0.2, 0.25) is 11.9 Å². The highest BCUT2D eigenvalue weighted by molar-refractivity contribution is 7.92. The number of aryl methyl sites for hydroxylation is 1. The first-order valence-electron chi connectivity index (χ1n) is 18.4. The Morgan fingerprint density at radius 2 is 1.75 bits per heavy atom. The Morgan fingerprint density at radius 1 is 1.00 bits per heavy atom. The molecule has 3 amide bonds. The number of amides is 3. The maximum Gasteiger partial charge on any atom is 0.328 e. The maximum absolute atomic E-state index is 13.1. The molecule has 2 saturated heterocycles. The summed E-state index contributed by atoms with van der Waals surface area (Å²) in [7, 11) is -1.47. The van der Waals surface area contributed by atoms with Crippen LogP contribution in [-0.2, 0) is 21.2 Å². The second kappa shape index (κ2) is 16.8. The Morgan fingerprint density at radius 3 is 2.45 bits per heavy atom. The molecule has 2 aliphatic heterocycles. The highest BCUT2D eigenvalue weighted by atomic mass is 35.5. The molecule has 0 atom stereocenters. The second-order valence-corrected chi connectivity index (χ2v) is 17.3. The average Bonchev–Trinajstić information content (AvgIpc) is 3.14. The fraction of sp³-hybridized carbons (Fsp3) is 0.410. The topological polar surface area (TPSA) is 162 Å². The van der Waals surface area contributed by atoms with Crippen molar-refractivity contribution in [1.29, 1.82) is 0 Å². The number of carbonyl (C=O) groups is 2. The van der Waals surface area contributed by atoms with E-state index in [2.05, 4.69) is 60.7 Å². The number of sulfone groups is 1. The van der Waals surface area contributed by atoms with Crippen LogP contribution in [0.2, 0.25) is 5.02 Å². The molecule has 6 rings (SSSR count). The minimum absolute atomic E-state index is 0.104. The van der Waals surface area contributed by atoms with E-state index in [-0.39, 0.29) is 40.1 Å². The van der Waals surface area contributed by atoms with Crippen molar-refractivity contribution in [3.05, 3.63) is 77.2 Å². The second-order valence-electron chi connectivity index (χ2n) is 14.4. The standard InChI is InChI=1S/C39H48ClN9O5S/c1-24(2)54-34-20-32(48-16-12-28(13-17-48)47(6)23-27-11-15-41-22-33(27)49-18-14-36(50)45-39(49)51)26(5)19-31(34)44-38-42-21-29(40)37(46-38)43-30-9-7-8-10-35(30)55(52,53)25(3)4/h7-11,15,19-22,24-25,28H,12-14,16-18,23H2,1-6H3,(H,45,50,51)(H2,42,43,44,46). The fourth-order valence-corrected chi connectivity index (χ4v) is 8.17. The van der Waals surface area contributed by atoms with Crippen molar-refractivity contribution in [2.75, 3.05) is 47.1 Å². The summed E-state index contributed by atoms with van der Waals surface area (Å²) in [6.45, 7) is 11.9. The molecule has 14 nitrogen and oxygen atoms in total. The van der Waals surface area contributed by atoms with Crippen molar-refractivity contribution >= 4 is 67.9 Å². The van der Waals surface area contributed by atoms with Gasteiger partial charge in [-0.05, 0) is 89.9 Å². The third kappa shape index (κ3) is 9.11. The van der Waals surface area contributed by atoms with Crippen LogP contribution in [-0.4, -0.2) is 84.3 Å². The number of para-hydroxylation sites is 1. The van der Waals surface area contributed by atoms with Gasteiger partial charge < -0.3 is 20.3 Å². The summed E-state index contributed by atoms with van der Waals surface area (Å²) in [4.78, 5) is 44.1. The number of aromatic nitrogens is 3. The third-order valence-corrected chi connectivity index (χ3v) is 12.3. The molecule has 2 aromatic heterocycles. The van der Waals surface area contributed by atoms with Gasteiger partial charge in [0.25, 0.3) is 0 Å². The molecule has 0 aliphatic carbocycles. The van der Waals surface area contributed by atoms with Gasteiger partial charge in [0.15, 0.2) is 15.7 Å². The molecule has 4 aromatic rings. The van der Waals surface area contributed by atoms with Gasteiger partial charge in [0.05, 0.1) is 45.7 Å². The number of urea groups is 1. The van der Waals surface area contributed by atoms with Crippen LogP contribution >= 0.6 is 11.6 Å². The Kier molecular flexibility index (Phi) is 12.1. The van der Waals surface area contributed by atoms with Crippen LogP contribution in [0.4, 0.5) is 39.3 Å². The molecule has 2 fully saturated rings. The summed E-state index contributed by atoms with van der Waals surface area (Å²) in [5.74, 6) is 0.892. The van der Waals surface area contributed by atoms with E-state index in [9.17, 15) is 18.0 Å². The fourth-order valence-electron chi connectivity index (χ4n) is 6.83. The summed E-state index contributed by atoms with van der Waals surface area (Å²) in [6, 6.07) is 12.6. The average molecular weight is 790 g/mol. The normalized spacial score (nSPS) is 15.5. The van der Waals surface area contributed by atoms with Gasteiger partial charge in [-0.1, -0.05) is 23.7 Å². The molecule has 0 spiro atoms. The maximum atomic E-state index is 13.1. The van der Waals surface area contributed by atoms with Gasteiger partial charge in [-0.3, -0.25) is 24.9 Å². The van der Waals surface area contributed by atoms with Crippen molar-refractivity contribution in [3.8, 4) is 5.75 Å². The minimum atomic E-state index is -3.58. The third-order valence-electron chi connectivity index (χ3n) is 9.80. The van der Waals surface area contributed by atoms with E-state index in [1.165, 1.54) is 6.20 Å². The Labute approximate surface area is 327 Å². The van der Waals surface area contributed by atoms with Crippen LogP contribution in [0, 0.1) is 6.92 Å². The number of piperidine rings is 1. The van der Waals surface area contributed by atoms with Crippen LogP contribution < -0.4 is 30.5 Å². The molecule has 3 N–H and O–H groups in total. The molecule has 0 saturated carbocycles. The van der Waals surface area contributed by atoms with Crippen molar-refractivity contribution < 1.29 is 22.7 Å². The lowest BCUT2D eigenvalue weighted by atomic mass is 10.0. The largest absolute Gasteiger partial charge is 0.489 e. The minimum Gasteiger partial charge on any atom is -0.489 e. The van der Waals surface area contributed by atoms with E-state index in [1.54, 1.807) is 55.4 Å². The molecule has 292 valence electrons. The van der Waals surface area contributed by atoms with Crippen LogP contribution in [0.15, 0.2) is 66.0 Å². The summed E-state index contributed by atoms with van der Waals surface area (Å²) in [5.41, 5.74) is 4.87. The number of pyridine rings is 1. The van der Waals surface area contributed by atoms with Gasteiger partial charge in [-0.15, -0.1) is 0 Å². The number of anilines is 6. The number of imide groups is 1. The zero-order valence-electron chi connectivity index (χ0n) is 32.0. The molecule has 2 aliphatic rings. The number of nitrogens with one attached hydrogen (secondary N) is 3. The van der Waals surface area contributed by atoms with Gasteiger partial charge in [0, 0.05) is 56.6 Å². The first-order valence-corrected chi connectivity index (χ1v) is 20.3. The first-order chi connectivity index (χ1) is 26.2. The van der Waals surface area contributed by atoms with Crippen LogP contribution in [0.5, 0.6) is 5.75 Å². The summed E-state index contributed by atoms with van der Waals surface area (Å²) in [6.07, 6.45) is 6.91. The Hall–Kier alpha value is -4.99. The molecule has 0 radical (unpaired) electrons. The predicted octanol–water partition coefficient (Wildman–Crippen LogP) is 6.84. The summed E-state index contributed by atoms with van der Waals surface area (Å²) in [5, 5.41) is 8.44. The molecule has 4 heterocycles. The van der Waals surface area contributed by atoms with E-state index in [0.29, 0.717) is 36.3 Å². The van der Waals surface area contributed by atoms with Gasteiger partial charge in [-0.25, -0.2) is 18.2 Å². The first kappa shape index (κ1) is 39.7. The Balaban J connectivity index is 1.16. The number of carbonyl (C=O) groups excluding carboxylic acids is 2. The number of benzene rings is 2. The lowest BCUT2D eigenvalue weighted by Crippen LogP contribution is -2.50. The van der Waals surface area contributed by atoms with Gasteiger partial charge in [0.1, 0.15) is 10.8 Å². The molecule has 16 heteroatoms. The van der Waals surface area contributed by atoms with E-state index >= 15 is 0 Å². The number of hydrogen-bond donors (Lipinski definition) is 3. The molecule has 55 heavy (non-hydrogen) atoms. The number of rotatable bonds is 13. The van der Waals surface area contributed by atoms with E-state index in [1.807, 2.05) is 26.0 Å². The van der Waals surface area contributed by atoms with Crippen molar-refractivity contribution in [2.24, 2.45) is 0 Å². The highest BCUT2D eigenvalue weighted by Crippen LogP contribution is 2.38. The van der Waals surface area contributed by atoms with E-state index in [0.717, 1.165) is 48.4 Å². The highest BCUT2D eigenvalue weighted by Gasteiger charge is 2.29. The smallest absolute Gasteiger partial charge is 0.328 e. The zero-order chi connectivity index (χ0) is 39.4. The summed E-state index contributed by atoms with van der Waals surface area (Å²) < 4.78 is 32.4. The van der Waals surface area contributed by atoms with Crippen LogP contribution in [0.1, 0.15) is 58.1 Å². The lowest BCUT2D eigenvalue weighted by molar-refractivity contribution is -0.120. The monoisotopic (exact) mass is 789 g/mol. The van der Waals surface area contributed by atoms with Gasteiger partial charge in [-0.2, -0.15) is 4.98 Å². The predicted molar refractivity (Wildman–Crippen MR) is 216 cm³/mol. The molecular formula is C39H48ClN9O5S. The van der Waals surface area contributed by atoms with Crippen molar-refractivity contribution in [3.63, 3.8) is 0 Å². The molecular weight excluding hydrogens is 742 g/mol. The van der Waals surface area contributed by atoms with E-state index in [4.69, 9.17) is 16.3 Å². The van der Waals surface area contributed by atoms with Crippen molar-refractivity contribution in [2.45, 2.75) is 82.7 Å². The quantitative estimate of drug-likeness (QED) is 0.130. The van der Waals surface area contributed by atoms with E-state index < -0.39 is 21.1 Å². The van der Waals surface area contributed by atoms with Gasteiger partial charge >= 0.3 is 6.03 Å². The molecule has 0 unspecified atom stereocenters. The zero-order valence-corrected chi connectivity index (χ0v) is 33.5. The molecule has 0 bridgehead atoms. The SMILES string of the molecule is Cc1cc(Nc2ncc(Cl)c(Nc3ccccc3S(=O)(=O)C(C)C)n2)c(OC(C)C)cc1N1CCC(N(C)Cc2ccncc2N2CCC(=O)NC2=O)CC1. The number of ether oxygens (including phenoxy) is 1. The Bertz CT molecular complexity index is 2160. The lowest BCUT2D eigenvalue weighted by Gasteiger charge is -2.39. The number of hydrogen-bond acceptors (Lipinski definition) is 12. The van der Waals surface area contributed by atoms with Crippen molar-refractivity contribution in [1.82, 2.24) is 25.2 Å². The summed E-state index contributed by atoms with van der Waals surface area (Å²) >= 11 is 6.50.